The van der Waals surface area contributed by atoms with Crippen molar-refractivity contribution in [2.24, 2.45) is 7.05 Å². The van der Waals surface area contributed by atoms with E-state index in [1.165, 1.54) is 10.6 Å². The second-order valence-corrected chi connectivity index (χ2v) is 33.0. The summed E-state index contributed by atoms with van der Waals surface area (Å²) in [5.74, 6) is -0.595. The van der Waals surface area contributed by atoms with Crippen molar-refractivity contribution in [3.05, 3.63) is 76.3 Å². The predicted molar refractivity (Wildman–Crippen MR) is 344 cm³/mol. The Labute approximate surface area is 526 Å². The quantitative estimate of drug-likeness (QED) is 0.0670. The van der Waals surface area contributed by atoms with Gasteiger partial charge in [-0.15, -0.1) is 0 Å². The van der Waals surface area contributed by atoms with Gasteiger partial charge < -0.3 is 38.1 Å². The molecule has 1 unspecified atom stereocenters. The number of hydrogen-bond acceptors (Lipinski definition) is 15. The average molecular weight is 1260 g/mol. The Morgan fingerprint density at radius 1 is 0.822 bits per heavy atom. The van der Waals surface area contributed by atoms with Gasteiger partial charge in [0.05, 0.1) is 46.4 Å². The highest BCUT2D eigenvalue weighted by Crippen LogP contribution is 2.48. The van der Waals surface area contributed by atoms with Crippen molar-refractivity contribution in [1.82, 2.24) is 39.2 Å². The number of ether oxygens (including phenoxy) is 4. The van der Waals surface area contributed by atoms with Gasteiger partial charge >= 0.3 is 17.8 Å². The minimum Gasteiger partial charge on any atom is -0.543 e. The molecule has 3 aromatic heterocycles. The number of anilines is 2. The summed E-state index contributed by atoms with van der Waals surface area (Å²) < 4.78 is 70.2. The average Bonchev–Trinajstić information content (AvgIpc) is 0.973. The third-order valence-corrected chi connectivity index (χ3v) is 27.6. The van der Waals surface area contributed by atoms with Gasteiger partial charge in [0, 0.05) is 82.6 Å². The van der Waals surface area contributed by atoms with Crippen LogP contribution in [0.4, 0.5) is 25.1 Å². The van der Waals surface area contributed by atoms with Crippen LogP contribution in [0.1, 0.15) is 144 Å². The fourth-order valence-corrected chi connectivity index (χ4v) is 22.1. The Hall–Kier alpha value is -6.75. The van der Waals surface area contributed by atoms with Gasteiger partial charge in [-0.1, -0.05) is 54.5 Å². The van der Waals surface area contributed by atoms with Gasteiger partial charge in [0.25, 0.3) is 8.32 Å². The summed E-state index contributed by atoms with van der Waals surface area (Å²) >= 11 is 0. The molecule has 13 rings (SSSR count). The molecule has 7 aliphatic heterocycles. The van der Waals surface area contributed by atoms with Gasteiger partial charge in [-0.25, -0.2) is 18.4 Å². The van der Waals surface area contributed by atoms with E-state index in [-0.39, 0.29) is 113 Å². The summed E-state index contributed by atoms with van der Waals surface area (Å²) in [5.41, 5.74) is 3.40. The lowest BCUT2D eigenvalue weighted by Crippen LogP contribution is -2.56. The Morgan fingerprint density at radius 2 is 1.56 bits per heavy atom. The van der Waals surface area contributed by atoms with Gasteiger partial charge in [0.15, 0.2) is 5.82 Å². The summed E-state index contributed by atoms with van der Waals surface area (Å²) in [6, 6.07) is 12.4. The van der Waals surface area contributed by atoms with Crippen molar-refractivity contribution in [3.63, 3.8) is 0 Å². The first kappa shape index (κ1) is 62.1. The van der Waals surface area contributed by atoms with E-state index >= 15 is 8.78 Å². The minimum absolute atomic E-state index is 0.00699. The smallest absolute Gasteiger partial charge is 0.409 e. The molecule has 0 bridgehead atoms. The van der Waals surface area contributed by atoms with E-state index in [0.717, 1.165) is 107 Å². The van der Waals surface area contributed by atoms with Gasteiger partial charge in [0.2, 0.25) is 11.8 Å². The number of halogens is 2. The molecule has 90 heavy (non-hydrogen) atoms. The largest absolute Gasteiger partial charge is 0.543 e. The van der Waals surface area contributed by atoms with E-state index in [4.69, 9.17) is 38.3 Å². The number of nitrogens with zero attached hydrogens (tertiary/aromatic N) is 9. The van der Waals surface area contributed by atoms with E-state index in [9.17, 15) is 19.2 Å². The van der Waals surface area contributed by atoms with Crippen LogP contribution < -0.4 is 30.0 Å². The zero-order valence-corrected chi connectivity index (χ0v) is 54.6. The normalized spacial score (nSPS) is 23.9. The van der Waals surface area contributed by atoms with E-state index < -0.39 is 26.1 Å². The number of imide groups is 1. The number of aryl methyl sites for hydroxylation is 2. The first-order valence-electron chi connectivity index (χ1n) is 33.2. The van der Waals surface area contributed by atoms with Crippen LogP contribution in [0.15, 0.2) is 53.5 Å². The predicted octanol–water partition coefficient (Wildman–Crippen LogP) is 11.3. The maximum atomic E-state index is 18.1. The summed E-state index contributed by atoms with van der Waals surface area (Å²) in [6.45, 7) is 21.4. The number of nitrogens with one attached hydrogen (secondary N) is 1. The summed E-state index contributed by atoms with van der Waals surface area (Å²) in [6.07, 6.45) is 11.8. The van der Waals surface area contributed by atoms with E-state index in [1.807, 2.05) is 37.3 Å². The Morgan fingerprint density at radius 3 is 2.26 bits per heavy atom. The molecular formula is C68H88F2N10O9Si. The maximum Gasteiger partial charge on any atom is 0.409 e. The molecule has 482 valence electrons. The monoisotopic (exact) mass is 1250 g/mol. The van der Waals surface area contributed by atoms with Crippen molar-refractivity contribution in [1.29, 1.82) is 0 Å². The molecule has 10 heterocycles. The number of fused-ring (bicyclic) bond motifs is 4. The molecule has 6 aromatic rings. The third kappa shape index (κ3) is 11.2. The van der Waals surface area contributed by atoms with Crippen LogP contribution in [0.2, 0.25) is 16.6 Å². The zero-order valence-electron chi connectivity index (χ0n) is 53.6. The second kappa shape index (κ2) is 24.7. The molecule has 22 heteroatoms. The third-order valence-electron chi connectivity index (χ3n) is 21.6. The Kier molecular flexibility index (Phi) is 17.0. The van der Waals surface area contributed by atoms with Crippen LogP contribution >= 0.6 is 0 Å². The number of pyridine rings is 1. The molecule has 7 saturated heterocycles. The highest BCUT2D eigenvalue weighted by molar-refractivity contribution is 6.78. The lowest BCUT2D eigenvalue weighted by atomic mass is 9.86. The molecule has 1 spiro atoms. The van der Waals surface area contributed by atoms with Crippen LogP contribution in [0.25, 0.3) is 44.0 Å². The molecule has 0 radical (unpaired) electrons. The summed E-state index contributed by atoms with van der Waals surface area (Å²) in [7, 11) is -0.769. The highest BCUT2D eigenvalue weighted by atomic mass is 28.4. The van der Waals surface area contributed by atoms with Crippen molar-refractivity contribution < 1.29 is 46.5 Å². The van der Waals surface area contributed by atoms with E-state index in [1.54, 1.807) is 28.8 Å². The summed E-state index contributed by atoms with van der Waals surface area (Å²) in [4.78, 5) is 75.3. The van der Waals surface area contributed by atoms with Crippen LogP contribution in [-0.2, 0) is 37.3 Å². The highest BCUT2D eigenvalue weighted by Gasteiger charge is 2.51. The Balaban J connectivity index is 0.666. The van der Waals surface area contributed by atoms with E-state index in [2.05, 4.69) is 61.6 Å². The number of likely N-dealkylation sites (tertiary alicyclic amines) is 1. The summed E-state index contributed by atoms with van der Waals surface area (Å²) in [5, 5.41) is 4.19. The molecule has 3 aromatic carbocycles. The molecule has 0 aliphatic carbocycles. The molecular weight excluding hydrogens is 1170 g/mol. The molecule has 19 nitrogen and oxygen atoms in total. The van der Waals surface area contributed by atoms with Gasteiger partial charge in [-0.2, -0.15) is 9.97 Å². The second-order valence-electron chi connectivity index (χ2n) is 27.6. The van der Waals surface area contributed by atoms with Gasteiger partial charge in [-0.3, -0.25) is 33.9 Å². The minimum atomic E-state index is -2.48. The topological polar surface area (TPSA) is 188 Å². The number of benzene rings is 3. The first-order chi connectivity index (χ1) is 43.3. The van der Waals surface area contributed by atoms with E-state index in [0.29, 0.717) is 78.2 Å². The number of hydrogen-bond donors (Lipinski definition) is 1. The molecule has 0 saturated carbocycles. The molecule has 7 aliphatic rings. The van der Waals surface area contributed by atoms with Crippen LogP contribution in [0.3, 0.4) is 0 Å². The number of amides is 3. The SMILES string of the molecule is CCc1c(F)ccc2cc(O[Si](C(C)C)(C(C)C)C(C)C)cc(-c3ncc4c(N5CCC[C@@]6(CCO6)C5)nc(OC[C@@]56CCCN5[C@H](COC(=O)N5CCC(OC7CCN(c8ccc9c(c8)n(C)c(=O)n9C8CCC(=O)NC8=O)CC7)CC5)CC6)nc4c3F)c12. The zero-order chi connectivity index (χ0) is 63.0. The lowest BCUT2D eigenvalue weighted by Gasteiger charge is -2.48. The number of rotatable bonds is 17. The fraction of sp³-hybridized carbons (Fsp3) is 0.603. The molecule has 3 amide bonds. The van der Waals surface area contributed by atoms with Crippen LogP contribution in [0, 0.1) is 11.6 Å². The lowest BCUT2D eigenvalue weighted by molar-refractivity contribution is -0.151. The maximum absolute atomic E-state index is 18.1. The number of carbonyl (C=O) groups is 3. The standard InChI is InChI=1S/C68H88F2N10O9Si/c1-9-50-53(69)14-12-44-34-49(89-90(41(2)3,42(4)5)43(6)7)36-51(58(44)50)60-59(70)61-52(37-71-60)62(78-27-11-24-68(39-78)26-33-87-68)74-64(73-61)86-40-67-23-10-28-79(67)46(18-25-67)38-85-66(84)77-31-21-48(22-32-77)88-47-19-29-76(30-20-47)45-13-15-54-56(35-45)75(8)65(83)80(54)55-16-17-57(81)72-63(55)82/h12-15,34-37,41-43,46-48,55H,9-11,16-33,38-40H2,1-8H3,(H,72,81,82)/t46-,55?,67-,68+/m0/s1. The van der Waals surface area contributed by atoms with Gasteiger partial charge in [0.1, 0.15) is 47.9 Å². The molecule has 7 fully saturated rings. The molecule has 1 N–H and O–H groups in total. The number of imidazole rings is 1. The van der Waals surface area contributed by atoms with Crippen molar-refractivity contribution in [2.75, 3.05) is 75.4 Å². The number of piperidine rings is 4. The number of carbonyl (C=O) groups excluding carboxylic acids is 3. The first-order valence-corrected chi connectivity index (χ1v) is 35.4. The number of aromatic nitrogens is 5. The van der Waals surface area contributed by atoms with Crippen LogP contribution in [0.5, 0.6) is 11.8 Å². The van der Waals surface area contributed by atoms with Crippen molar-refractivity contribution in [2.45, 2.75) is 190 Å². The van der Waals surface area contributed by atoms with Crippen LogP contribution in [-0.4, -0.2) is 155 Å². The Bertz CT molecular complexity index is 3780. The van der Waals surface area contributed by atoms with Crippen molar-refractivity contribution >= 4 is 70.4 Å². The van der Waals surface area contributed by atoms with Crippen molar-refractivity contribution in [3.8, 4) is 23.0 Å². The fourth-order valence-electron chi connectivity index (χ4n) is 16.9. The van der Waals surface area contributed by atoms with Gasteiger partial charge in [-0.05, 0) is 153 Å². The molecule has 4 atom stereocenters.